The molecule has 2 aromatic carbocycles. The smallest absolute Gasteiger partial charge is 0.339 e. The highest BCUT2D eigenvalue weighted by Gasteiger charge is 2.21. The lowest BCUT2D eigenvalue weighted by Crippen LogP contribution is -2.24. The number of pyridine rings is 1. The lowest BCUT2D eigenvalue weighted by Gasteiger charge is -2.20. The van der Waals surface area contributed by atoms with E-state index in [4.69, 9.17) is 16.3 Å². The Morgan fingerprint density at radius 2 is 1.81 bits per heavy atom. The van der Waals surface area contributed by atoms with Gasteiger partial charge < -0.3 is 9.30 Å². The van der Waals surface area contributed by atoms with E-state index in [1.165, 1.54) is 11.1 Å². The Morgan fingerprint density at radius 1 is 1.03 bits per heavy atom. The second kappa shape index (κ2) is 8.56. The van der Waals surface area contributed by atoms with Crippen LogP contribution in [-0.2, 0) is 17.7 Å². The van der Waals surface area contributed by atoms with Crippen LogP contribution in [0, 0.1) is 0 Å². The summed E-state index contributed by atoms with van der Waals surface area (Å²) in [5.74, 6) is -0.387. The van der Waals surface area contributed by atoms with Gasteiger partial charge in [0.1, 0.15) is 10.8 Å². The molecule has 0 aliphatic rings. The van der Waals surface area contributed by atoms with Crippen LogP contribution in [0.1, 0.15) is 47.8 Å². The summed E-state index contributed by atoms with van der Waals surface area (Å²) in [5.41, 5.74) is 4.20. The first kappa shape index (κ1) is 21.1. The topological polar surface area (TPSA) is 44.1 Å². The third-order valence-corrected chi connectivity index (χ3v) is 5.20. The SMILES string of the molecule is CC(C)(C)OC(=O)c1cc(Cl)ncc1Cc1ccc2c(ccn2Cc2ccccc2)c1. The number of carbonyl (C=O) groups excluding carboxylic acids is 1. The number of benzene rings is 2. The zero-order chi connectivity index (χ0) is 22.0. The van der Waals surface area contributed by atoms with E-state index in [-0.39, 0.29) is 11.1 Å². The van der Waals surface area contributed by atoms with Gasteiger partial charge in [-0.15, -0.1) is 0 Å². The van der Waals surface area contributed by atoms with E-state index in [0.29, 0.717) is 12.0 Å². The number of nitrogens with zero attached hydrogens (tertiary/aromatic N) is 2. The standard InChI is InChI=1S/C26H25ClN2O2/c1-26(2,3)31-25(30)22-15-24(27)28-16-21(22)14-19-9-10-23-20(13-19)11-12-29(23)17-18-7-5-4-6-8-18/h4-13,15-16H,14,17H2,1-3H3. The first-order chi connectivity index (χ1) is 14.8. The first-order valence-electron chi connectivity index (χ1n) is 10.3. The van der Waals surface area contributed by atoms with E-state index in [9.17, 15) is 4.79 Å². The molecule has 0 saturated heterocycles. The van der Waals surface area contributed by atoms with Crippen molar-refractivity contribution in [3.63, 3.8) is 0 Å². The molecule has 0 aliphatic carbocycles. The fraction of sp³-hybridized carbons (Fsp3) is 0.231. The molecule has 0 N–H and O–H groups in total. The van der Waals surface area contributed by atoms with Gasteiger partial charge in [-0.05, 0) is 73.5 Å². The van der Waals surface area contributed by atoms with Crippen molar-refractivity contribution >= 4 is 28.5 Å². The highest BCUT2D eigenvalue weighted by atomic mass is 35.5. The zero-order valence-electron chi connectivity index (χ0n) is 17.9. The lowest BCUT2D eigenvalue weighted by molar-refractivity contribution is 0.00683. The average Bonchev–Trinajstić information content (AvgIpc) is 3.11. The number of rotatable bonds is 5. The maximum Gasteiger partial charge on any atom is 0.339 e. The third-order valence-electron chi connectivity index (χ3n) is 5.00. The molecule has 0 fully saturated rings. The van der Waals surface area contributed by atoms with E-state index in [0.717, 1.165) is 23.1 Å². The van der Waals surface area contributed by atoms with E-state index in [1.807, 2.05) is 26.8 Å². The molecule has 0 radical (unpaired) electrons. The molecule has 2 aromatic heterocycles. The summed E-state index contributed by atoms with van der Waals surface area (Å²) in [5, 5.41) is 1.44. The Balaban J connectivity index is 1.60. The van der Waals surface area contributed by atoms with Crippen molar-refractivity contribution in [2.45, 2.75) is 39.3 Å². The summed E-state index contributed by atoms with van der Waals surface area (Å²) in [6.07, 6.45) is 4.34. The molecule has 0 spiro atoms. The predicted octanol–water partition coefficient (Wildman–Crippen LogP) is 6.28. The molecular weight excluding hydrogens is 408 g/mol. The van der Waals surface area contributed by atoms with Crippen LogP contribution in [0.15, 0.2) is 73.1 Å². The number of hydrogen-bond acceptors (Lipinski definition) is 3. The Hall–Kier alpha value is -3.11. The fourth-order valence-corrected chi connectivity index (χ4v) is 3.78. The predicted molar refractivity (Wildman–Crippen MR) is 125 cm³/mol. The van der Waals surface area contributed by atoms with E-state index in [2.05, 4.69) is 64.3 Å². The van der Waals surface area contributed by atoms with Gasteiger partial charge in [0, 0.05) is 24.5 Å². The van der Waals surface area contributed by atoms with Crippen LogP contribution in [0.5, 0.6) is 0 Å². The average molecular weight is 433 g/mol. The van der Waals surface area contributed by atoms with Gasteiger partial charge in [-0.1, -0.05) is 48.0 Å². The molecule has 0 saturated carbocycles. The van der Waals surface area contributed by atoms with Crippen molar-refractivity contribution in [3.05, 3.63) is 100 Å². The Kier molecular flexibility index (Phi) is 5.84. The van der Waals surface area contributed by atoms with Crippen LogP contribution in [0.4, 0.5) is 0 Å². The molecule has 31 heavy (non-hydrogen) atoms. The molecule has 0 bridgehead atoms. The summed E-state index contributed by atoms with van der Waals surface area (Å²) >= 11 is 6.06. The molecule has 158 valence electrons. The van der Waals surface area contributed by atoms with E-state index in [1.54, 1.807) is 12.3 Å². The first-order valence-corrected chi connectivity index (χ1v) is 10.7. The minimum atomic E-state index is -0.579. The Labute approximate surface area is 187 Å². The summed E-state index contributed by atoms with van der Waals surface area (Å²) in [6.45, 7) is 6.37. The van der Waals surface area contributed by atoms with E-state index >= 15 is 0 Å². The second-order valence-electron chi connectivity index (χ2n) is 8.67. The zero-order valence-corrected chi connectivity index (χ0v) is 18.7. The van der Waals surface area contributed by atoms with Crippen LogP contribution >= 0.6 is 11.6 Å². The monoisotopic (exact) mass is 432 g/mol. The van der Waals surface area contributed by atoms with Gasteiger partial charge >= 0.3 is 5.97 Å². The number of ether oxygens (including phenoxy) is 1. The summed E-state index contributed by atoms with van der Waals surface area (Å²) in [6, 6.07) is 20.5. The molecule has 0 amide bonds. The molecule has 4 aromatic rings. The van der Waals surface area contributed by atoms with Crippen LogP contribution in [0.2, 0.25) is 5.15 Å². The van der Waals surface area contributed by atoms with Crippen molar-refractivity contribution < 1.29 is 9.53 Å². The molecule has 0 aliphatic heterocycles. The Bertz CT molecular complexity index is 1220. The van der Waals surface area contributed by atoms with Crippen LogP contribution in [-0.4, -0.2) is 21.1 Å². The number of fused-ring (bicyclic) bond motifs is 1. The van der Waals surface area contributed by atoms with E-state index < -0.39 is 5.60 Å². The van der Waals surface area contributed by atoms with Gasteiger partial charge in [0.2, 0.25) is 0 Å². The number of esters is 1. The van der Waals surface area contributed by atoms with Gasteiger partial charge in [0.15, 0.2) is 0 Å². The van der Waals surface area contributed by atoms with Crippen LogP contribution in [0.3, 0.4) is 0 Å². The molecule has 4 nitrogen and oxygen atoms in total. The molecular formula is C26H25ClN2O2. The van der Waals surface area contributed by atoms with Gasteiger partial charge in [-0.25, -0.2) is 9.78 Å². The minimum absolute atomic E-state index is 0.276. The van der Waals surface area contributed by atoms with Gasteiger partial charge in [0.25, 0.3) is 0 Å². The largest absolute Gasteiger partial charge is 0.456 e. The van der Waals surface area contributed by atoms with Crippen LogP contribution < -0.4 is 0 Å². The van der Waals surface area contributed by atoms with Crippen LogP contribution in [0.25, 0.3) is 10.9 Å². The number of aromatic nitrogens is 2. The van der Waals surface area contributed by atoms with Crippen molar-refractivity contribution in [2.24, 2.45) is 0 Å². The summed E-state index contributed by atoms with van der Waals surface area (Å²) in [7, 11) is 0. The molecule has 0 atom stereocenters. The van der Waals surface area contributed by atoms with Crippen molar-refractivity contribution in [2.75, 3.05) is 0 Å². The van der Waals surface area contributed by atoms with Crippen molar-refractivity contribution in [3.8, 4) is 0 Å². The lowest BCUT2D eigenvalue weighted by atomic mass is 10.0. The second-order valence-corrected chi connectivity index (χ2v) is 9.05. The van der Waals surface area contributed by atoms with Crippen molar-refractivity contribution in [1.82, 2.24) is 9.55 Å². The van der Waals surface area contributed by atoms with Crippen molar-refractivity contribution in [1.29, 1.82) is 0 Å². The third kappa shape index (κ3) is 5.15. The number of carbonyl (C=O) groups is 1. The maximum absolute atomic E-state index is 12.7. The normalized spacial score (nSPS) is 11.6. The minimum Gasteiger partial charge on any atom is -0.456 e. The Morgan fingerprint density at radius 3 is 2.55 bits per heavy atom. The number of hydrogen-bond donors (Lipinski definition) is 0. The summed E-state index contributed by atoms with van der Waals surface area (Å²) < 4.78 is 7.80. The number of halogens is 1. The molecule has 4 rings (SSSR count). The molecule has 2 heterocycles. The molecule has 5 heteroatoms. The highest BCUT2D eigenvalue weighted by Crippen LogP contribution is 2.24. The summed E-state index contributed by atoms with van der Waals surface area (Å²) in [4.78, 5) is 16.9. The highest BCUT2D eigenvalue weighted by molar-refractivity contribution is 6.29. The maximum atomic E-state index is 12.7. The van der Waals surface area contributed by atoms with Gasteiger partial charge in [0.05, 0.1) is 5.56 Å². The van der Waals surface area contributed by atoms with Gasteiger partial charge in [-0.2, -0.15) is 0 Å². The van der Waals surface area contributed by atoms with Gasteiger partial charge in [-0.3, -0.25) is 0 Å². The molecule has 0 unspecified atom stereocenters. The quantitative estimate of drug-likeness (QED) is 0.275. The fourth-order valence-electron chi connectivity index (χ4n) is 3.62.